The third-order valence-corrected chi connectivity index (χ3v) is 3.55. The van der Waals surface area contributed by atoms with Gasteiger partial charge in [0.2, 0.25) is 0 Å². The monoisotopic (exact) mass is 270 g/mol. The molecular formula is C14H14N4O2. The Morgan fingerprint density at radius 3 is 2.70 bits per heavy atom. The Kier molecular flexibility index (Phi) is 2.85. The van der Waals surface area contributed by atoms with E-state index in [1.54, 1.807) is 24.0 Å². The molecule has 102 valence electrons. The first kappa shape index (κ1) is 12.5. The van der Waals surface area contributed by atoms with Crippen molar-refractivity contribution in [3.8, 4) is 0 Å². The third-order valence-electron chi connectivity index (χ3n) is 3.55. The minimum atomic E-state index is -0.503. The second-order valence-electron chi connectivity index (χ2n) is 4.78. The van der Waals surface area contributed by atoms with Crippen molar-refractivity contribution in [2.75, 3.05) is 4.90 Å². The second kappa shape index (κ2) is 4.56. The van der Waals surface area contributed by atoms with Crippen LogP contribution in [0.3, 0.4) is 0 Å². The highest BCUT2D eigenvalue weighted by Gasteiger charge is 2.36. The van der Waals surface area contributed by atoms with Crippen molar-refractivity contribution < 1.29 is 9.59 Å². The van der Waals surface area contributed by atoms with Crippen LogP contribution in [0.2, 0.25) is 0 Å². The minimum absolute atomic E-state index is 0.250. The van der Waals surface area contributed by atoms with Crippen LogP contribution in [0.5, 0.6) is 0 Å². The fourth-order valence-corrected chi connectivity index (χ4v) is 2.32. The maximum atomic E-state index is 12.1. The van der Waals surface area contributed by atoms with Gasteiger partial charge < -0.3 is 4.57 Å². The van der Waals surface area contributed by atoms with E-state index in [1.807, 2.05) is 19.1 Å². The lowest BCUT2D eigenvalue weighted by Crippen LogP contribution is -2.30. The highest BCUT2D eigenvalue weighted by molar-refractivity contribution is 6.52. The minimum Gasteiger partial charge on any atom is -0.319 e. The number of carbonyl (C=O) groups is 2. The summed E-state index contributed by atoms with van der Waals surface area (Å²) in [5.74, 6) is -0.313. The predicted octanol–water partition coefficient (Wildman–Crippen LogP) is 1.11. The van der Waals surface area contributed by atoms with Gasteiger partial charge in [-0.1, -0.05) is 13.0 Å². The molecule has 1 amide bonds. The molecular weight excluding hydrogens is 256 g/mol. The average Bonchev–Trinajstić information content (AvgIpc) is 2.96. The zero-order chi connectivity index (χ0) is 14.3. The molecule has 0 unspecified atom stereocenters. The van der Waals surface area contributed by atoms with Crippen LogP contribution in [0.25, 0.3) is 0 Å². The molecule has 6 heteroatoms. The summed E-state index contributed by atoms with van der Waals surface area (Å²) in [7, 11) is 1.80. The number of amides is 1. The van der Waals surface area contributed by atoms with Crippen molar-refractivity contribution in [3.05, 3.63) is 41.5 Å². The number of rotatable bonds is 3. The van der Waals surface area contributed by atoms with Crippen molar-refractivity contribution in [1.29, 1.82) is 0 Å². The van der Waals surface area contributed by atoms with Crippen molar-refractivity contribution in [2.24, 2.45) is 7.05 Å². The van der Waals surface area contributed by atoms with E-state index in [9.17, 15) is 9.59 Å². The topological polar surface area (TPSA) is 68.1 Å². The van der Waals surface area contributed by atoms with E-state index in [0.717, 1.165) is 12.0 Å². The molecule has 20 heavy (non-hydrogen) atoms. The van der Waals surface area contributed by atoms with Crippen molar-refractivity contribution in [2.45, 2.75) is 19.9 Å². The normalized spacial score (nSPS) is 14.0. The Hall–Kier alpha value is -2.50. The summed E-state index contributed by atoms with van der Waals surface area (Å²) in [6.45, 7) is 2.26. The first-order valence-electron chi connectivity index (χ1n) is 6.43. The van der Waals surface area contributed by atoms with Gasteiger partial charge in [-0.2, -0.15) is 0 Å². The molecule has 0 N–H and O–H groups in total. The quantitative estimate of drug-likeness (QED) is 0.783. The van der Waals surface area contributed by atoms with Gasteiger partial charge in [-0.3, -0.25) is 14.5 Å². The fourth-order valence-electron chi connectivity index (χ4n) is 2.32. The SMILES string of the molecule is CCc1ccc2c(c1)C(=O)C(=O)N2Cc1nncn1C. The maximum Gasteiger partial charge on any atom is 0.299 e. The number of aryl methyl sites for hydroxylation is 2. The summed E-state index contributed by atoms with van der Waals surface area (Å²) < 4.78 is 1.73. The van der Waals surface area contributed by atoms with E-state index in [0.29, 0.717) is 17.1 Å². The first-order chi connectivity index (χ1) is 9.61. The molecule has 1 aliphatic heterocycles. The number of ketones is 1. The van der Waals surface area contributed by atoms with Gasteiger partial charge in [0.05, 0.1) is 17.8 Å². The lowest BCUT2D eigenvalue weighted by atomic mass is 10.1. The zero-order valence-electron chi connectivity index (χ0n) is 11.3. The van der Waals surface area contributed by atoms with Crippen LogP contribution in [0.15, 0.2) is 24.5 Å². The van der Waals surface area contributed by atoms with Gasteiger partial charge in [0.15, 0.2) is 5.82 Å². The van der Waals surface area contributed by atoms with Gasteiger partial charge in [0.1, 0.15) is 6.33 Å². The molecule has 0 aliphatic carbocycles. The molecule has 2 aromatic rings. The molecule has 0 atom stereocenters. The van der Waals surface area contributed by atoms with E-state index in [-0.39, 0.29) is 6.54 Å². The maximum absolute atomic E-state index is 12.1. The van der Waals surface area contributed by atoms with Crippen molar-refractivity contribution in [3.63, 3.8) is 0 Å². The van der Waals surface area contributed by atoms with E-state index >= 15 is 0 Å². The summed E-state index contributed by atoms with van der Waals surface area (Å²) in [6.07, 6.45) is 2.40. The van der Waals surface area contributed by atoms with E-state index < -0.39 is 11.7 Å². The number of Topliss-reactive ketones (excluding diaryl/α,β-unsaturated/α-hetero) is 1. The molecule has 0 saturated heterocycles. The molecule has 0 fully saturated rings. The number of aromatic nitrogens is 3. The highest BCUT2D eigenvalue weighted by atomic mass is 16.2. The van der Waals surface area contributed by atoms with Gasteiger partial charge in [0, 0.05) is 7.05 Å². The lowest BCUT2D eigenvalue weighted by molar-refractivity contribution is -0.114. The van der Waals surface area contributed by atoms with Gasteiger partial charge in [0.25, 0.3) is 11.7 Å². The van der Waals surface area contributed by atoms with Gasteiger partial charge in [-0.25, -0.2) is 0 Å². The molecule has 1 aliphatic rings. The number of benzene rings is 1. The largest absolute Gasteiger partial charge is 0.319 e. The van der Waals surface area contributed by atoms with Crippen LogP contribution in [0.4, 0.5) is 5.69 Å². The van der Waals surface area contributed by atoms with Gasteiger partial charge in [-0.15, -0.1) is 10.2 Å². The molecule has 1 aromatic carbocycles. The smallest absolute Gasteiger partial charge is 0.299 e. The average molecular weight is 270 g/mol. The Morgan fingerprint density at radius 2 is 2.05 bits per heavy atom. The number of carbonyl (C=O) groups excluding carboxylic acids is 2. The Bertz CT molecular complexity index is 705. The van der Waals surface area contributed by atoms with Crippen LogP contribution >= 0.6 is 0 Å². The first-order valence-corrected chi connectivity index (χ1v) is 6.43. The van der Waals surface area contributed by atoms with Crippen molar-refractivity contribution >= 4 is 17.4 Å². The van der Waals surface area contributed by atoms with Crippen LogP contribution in [-0.4, -0.2) is 26.5 Å². The summed E-state index contributed by atoms with van der Waals surface area (Å²) in [5, 5.41) is 7.73. The molecule has 0 bridgehead atoms. The van der Waals surface area contributed by atoms with Crippen LogP contribution in [-0.2, 0) is 24.8 Å². The summed E-state index contributed by atoms with van der Waals surface area (Å²) in [4.78, 5) is 25.6. The van der Waals surface area contributed by atoms with Gasteiger partial charge in [-0.05, 0) is 24.1 Å². The lowest BCUT2D eigenvalue weighted by Gasteiger charge is -2.15. The number of hydrogen-bond acceptors (Lipinski definition) is 4. The van der Waals surface area contributed by atoms with Crippen LogP contribution in [0, 0.1) is 0 Å². The molecule has 2 heterocycles. The highest BCUT2D eigenvalue weighted by Crippen LogP contribution is 2.30. The second-order valence-corrected chi connectivity index (χ2v) is 4.78. The zero-order valence-corrected chi connectivity index (χ0v) is 11.3. The number of anilines is 1. The summed E-state index contributed by atoms with van der Waals surface area (Å²) >= 11 is 0. The van der Waals surface area contributed by atoms with E-state index in [1.165, 1.54) is 4.90 Å². The van der Waals surface area contributed by atoms with Crippen LogP contribution < -0.4 is 4.90 Å². The Labute approximate surface area is 116 Å². The number of hydrogen-bond donors (Lipinski definition) is 0. The summed E-state index contributed by atoms with van der Waals surface area (Å²) in [5.41, 5.74) is 2.18. The van der Waals surface area contributed by atoms with E-state index in [2.05, 4.69) is 10.2 Å². The van der Waals surface area contributed by atoms with Gasteiger partial charge >= 0.3 is 0 Å². The molecule has 0 radical (unpaired) electrons. The molecule has 1 aromatic heterocycles. The molecule has 0 spiro atoms. The van der Waals surface area contributed by atoms with E-state index in [4.69, 9.17) is 0 Å². The molecule has 3 rings (SSSR count). The standard InChI is InChI=1S/C14H14N4O2/c1-3-9-4-5-11-10(6-9)13(19)14(20)18(11)7-12-16-15-8-17(12)2/h4-6,8H,3,7H2,1-2H3. The summed E-state index contributed by atoms with van der Waals surface area (Å²) in [6, 6.07) is 5.56. The number of nitrogens with zero attached hydrogens (tertiary/aromatic N) is 4. The predicted molar refractivity (Wildman–Crippen MR) is 72.3 cm³/mol. The fraction of sp³-hybridized carbons (Fsp3) is 0.286. The van der Waals surface area contributed by atoms with Crippen molar-refractivity contribution in [1.82, 2.24) is 14.8 Å². The Morgan fingerprint density at radius 1 is 1.25 bits per heavy atom. The molecule has 6 nitrogen and oxygen atoms in total. The molecule has 0 saturated carbocycles. The Balaban J connectivity index is 2.00. The van der Waals surface area contributed by atoms with Crippen LogP contribution in [0.1, 0.15) is 28.7 Å². The third kappa shape index (κ3) is 1.80. The number of fused-ring (bicyclic) bond motifs is 1.